The van der Waals surface area contributed by atoms with Crippen LogP contribution in [0.25, 0.3) is 0 Å². The van der Waals surface area contributed by atoms with Crippen LogP contribution in [-0.4, -0.2) is 10.9 Å². The molecule has 1 heterocycles. The average Bonchev–Trinajstić information content (AvgIpc) is 2.01. The van der Waals surface area contributed by atoms with E-state index in [1.54, 1.807) is 0 Å². The number of nitrogens with zero attached hydrogens (tertiary/aromatic N) is 1. The fourth-order valence-electron chi connectivity index (χ4n) is 0.781. The summed E-state index contributed by atoms with van der Waals surface area (Å²) in [6, 6.07) is 0.401. The van der Waals surface area contributed by atoms with Crippen molar-refractivity contribution in [3.63, 3.8) is 0 Å². The molecule has 0 saturated heterocycles. The molecule has 0 unspecified atom stereocenters. The van der Waals surface area contributed by atoms with Gasteiger partial charge in [-0.1, -0.05) is 0 Å². The van der Waals surface area contributed by atoms with Crippen LogP contribution >= 0.6 is 0 Å². The molecule has 0 saturated carbocycles. The maximum atomic E-state index is 12.7. The molecule has 2 N–H and O–H groups in total. The quantitative estimate of drug-likeness (QED) is 0.708. The first-order valence-electron chi connectivity index (χ1n) is 3.35. The van der Waals surface area contributed by atoms with Crippen molar-refractivity contribution < 1.29 is 22.4 Å². The number of amides is 1. The lowest BCUT2D eigenvalue weighted by Gasteiger charge is -2.06. The van der Waals surface area contributed by atoms with E-state index >= 15 is 0 Å². The van der Waals surface area contributed by atoms with Gasteiger partial charge in [-0.25, -0.2) is 9.37 Å². The fourth-order valence-corrected chi connectivity index (χ4v) is 0.781. The van der Waals surface area contributed by atoms with Crippen molar-refractivity contribution in [3.05, 3.63) is 29.3 Å². The molecule has 1 aromatic heterocycles. The largest absolute Gasteiger partial charge is 0.436 e. The van der Waals surface area contributed by atoms with Gasteiger partial charge in [-0.2, -0.15) is 13.2 Å². The molecule has 14 heavy (non-hydrogen) atoms. The van der Waals surface area contributed by atoms with Crippen LogP contribution in [0, 0.1) is 5.82 Å². The average molecular weight is 208 g/mol. The molecule has 1 rings (SSSR count). The second-order valence-corrected chi connectivity index (χ2v) is 2.42. The SMILES string of the molecule is NC(=O)c1cnc(C(F)(F)F)c(F)c1. The predicted octanol–water partition coefficient (Wildman–Crippen LogP) is 1.34. The number of hydrogen-bond donors (Lipinski definition) is 1. The smallest absolute Gasteiger partial charge is 0.366 e. The Morgan fingerprint density at radius 2 is 2.00 bits per heavy atom. The molecule has 76 valence electrons. The zero-order valence-electron chi connectivity index (χ0n) is 6.60. The van der Waals surface area contributed by atoms with Gasteiger partial charge in [-0.3, -0.25) is 4.79 Å². The Labute approximate surface area is 75.5 Å². The molecule has 0 aromatic carbocycles. The molecular weight excluding hydrogens is 204 g/mol. The maximum absolute atomic E-state index is 12.7. The highest BCUT2D eigenvalue weighted by atomic mass is 19.4. The van der Waals surface area contributed by atoms with Crippen molar-refractivity contribution in [2.45, 2.75) is 6.18 Å². The third-order valence-corrected chi connectivity index (χ3v) is 1.39. The van der Waals surface area contributed by atoms with E-state index in [1.807, 2.05) is 0 Å². The van der Waals surface area contributed by atoms with E-state index in [0.29, 0.717) is 12.3 Å². The zero-order chi connectivity index (χ0) is 10.9. The van der Waals surface area contributed by atoms with Gasteiger partial charge >= 0.3 is 6.18 Å². The van der Waals surface area contributed by atoms with Crippen molar-refractivity contribution in [2.75, 3.05) is 0 Å². The Bertz CT molecular complexity index is 374. The highest BCUT2D eigenvalue weighted by molar-refractivity contribution is 5.92. The lowest BCUT2D eigenvalue weighted by atomic mass is 10.2. The van der Waals surface area contributed by atoms with E-state index in [-0.39, 0.29) is 0 Å². The lowest BCUT2D eigenvalue weighted by molar-refractivity contribution is -0.143. The number of carbonyl (C=O) groups is 1. The van der Waals surface area contributed by atoms with Crippen LogP contribution in [0.5, 0.6) is 0 Å². The first-order valence-corrected chi connectivity index (χ1v) is 3.35. The highest BCUT2D eigenvalue weighted by Gasteiger charge is 2.36. The van der Waals surface area contributed by atoms with Crippen LogP contribution in [0.4, 0.5) is 17.6 Å². The van der Waals surface area contributed by atoms with Crippen LogP contribution in [0.1, 0.15) is 16.1 Å². The first-order chi connectivity index (χ1) is 6.32. The minimum atomic E-state index is -4.87. The van der Waals surface area contributed by atoms with Gasteiger partial charge in [0.25, 0.3) is 0 Å². The number of aromatic nitrogens is 1. The molecule has 1 aromatic rings. The number of nitrogens with two attached hydrogens (primary N) is 1. The van der Waals surface area contributed by atoms with Gasteiger partial charge in [0.15, 0.2) is 11.5 Å². The summed E-state index contributed by atoms with van der Waals surface area (Å²) in [7, 11) is 0. The van der Waals surface area contributed by atoms with Crippen molar-refractivity contribution in [1.29, 1.82) is 0 Å². The van der Waals surface area contributed by atoms with Crippen LogP contribution < -0.4 is 5.73 Å². The summed E-state index contributed by atoms with van der Waals surface area (Å²) < 4.78 is 48.6. The molecule has 0 bridgehead atoms. The van der Waals surface area contributed by atoms with Gasteiger partial charge < -0.3 is 5.73 Å². The van der Waals surface area contributed by atoms with E-state index in [4.69, 9.17) is 5.73 Å². The Hall–Kier alpha value is -1.66. The van der Waals surface area contributed by atoms with Gasteiger partial charge in [0.1, 0.15) is 0 Å². The summed E-state index contributed by atoms with van der Waals surface area (Å²) in [5.74, 6) is -2.65. The topological polar surface area (TPSA) is 56.0 Å². The fraction of sp³-hybridized carbons (Fsp3) is 0.143. The second kappa shape index (κ2) is 3.24. The summed E-state index contributed by atoms with van der Waals surface area (Å²) in [5, 5.41) is 0. The third kappa shape index (κ3) is 1.98. The van der Waals surface area contributed by atoms with Crippen LogP contribution in [0.3, 0.4) is 0 Å². The van der Waals surface area contributed by atoms with E-state index in [1.165, 1.54) is 0 Å². The Balaban J connectivity index is 3.21. The van der Waals surface area contributed by atoms with Crippen LogP contribution in [0.15, 0.2) is 12.3 Å². The monoisotopic (exact) mass is 208 g/mol. The number of rotatable bonds is 1. The van der Waals surface area contributed by atoms with Crippen LogP contribution in [-0.2, 0) is 6.18 Å². The molecule has 0 atom stereocenters. The van der Waals surface area contributed by atoms with Crippen molar-refractivity contribution in [3.8, 4) is 0 Å². The lowest BCUT2D eigenvalue weighted by Crippen LogP contribution is -2.16. The number of alkyl halides is 3. The Morgan fingerprint density at radius 1 is 1.43 bits per heavy atom. The molecule has 0 aliphatic carbocycles. The van der Waals surface area contributed by atoms with Crippen molar-refractivity contribution >= 4 is 5.91 Å². The molecule has 0 spiro atoms. The number of halogens is 4. The van der Waals surface area contributed by atoms with Crippen LogP contribution in [0.2, 0.25) is 0 Å². The van der Waals surface area contributed by atoms with Gasteiger partial charge in [-0.15, -0.1) is 0 Å². The Kier molecular flexibility index (Phi) is 2.41. The Morgan fingerprint density at radius 3 is 2.36 bits per heavy atom. The van der Waals surface area contributed by atoms with Gasteiger partial charge in [0.2, 0.25) is 5.91 Å². The number of hydrogen-bond acceptors (Lipinski definition) is 2. The molecule has 0 aliphatic rings. The zero-order valence-corrected chi connectivity index (χ0v) is 6.60. The molecule has 0 radical (unpaired) electrons. The summed E-state index contributed by atoms with van der Waals surface area (Å²) in [6.45, 7) is 0. The summed E-state index contributed by atoms with van der Waals surface area (Å²) in [5.41, 5.74) is 2.64. The van der Waals surface area contributed by atoms with Gasteiger partial charge in [0.05, 0.1) is 5.56 Å². The molecule has 1 amide bonds. The van der Waals surface area contributed by atoms with Crippen molar-refractivity contribution in [1.82, 2.24) is 4.98 Å². The number of primary amides is 1. The first kappa shape index (κ1) is 10.4. The summed E-state index contributed by atoms with van der Waals surface area (Å²) in [4.78, 5) is 13.2. The minimum absolute atomic E-state index is 0.401. The summed E-state index contributed by atoms with van der Waals surface area (Å²) >= 11 is 0. The molecule has 0 fully saturated rings. The second-order valence-electron chi connectivity index (χ2n) is 2.42. The minimum Gasteiger partial charge on any atom is -0.366 e. The molecule has 0 aliphatic heterocycles. The van der Waals surface area contributed by atoms with E-state index in [2.05, 4.69) is 4.98 Å². The standard InChI is InChI=1S/C7H4F4N2O/c8-4-1-3(6(12)14)2-13-5(4)7(9,10)11/h1-2H,(H2,12,14). The van der Waals surface area contributed by atoms with E-state index < -0.39 is 29.2 Å². The maximum Gasteiger partial charge on any atom is 0.436 e. The van der Waals surface area contributed by atoms with E-state index in [9.17, 15) is 22.4 Å². The van der Waals surface area contributed by atoms with Gasteiger partial charge in [-0.05, 0) is 6.07 Å². The highest BCUT2D eigenvalue weighted by Crippen LogP contribution is 2.29. The third-order valence-electron chi connectivity index (χ3n) is 1.39. The van der Waals surface area contributed by atoms with E-state index in [0.717, 1.165) is 0 Å². The molecule has 7 heteroatoms. The van der Waals surface area contributed by atoms with Crippen molar-refractivity contribution in [2.24, 2.45) is 5.73 Å². The number of pyridine rings is 1. The normalized spacial score (nSPS) is 11.4. The summed E-state index contributed by atoms with van der Waals surface area (Å²) in [6.07, 6.45) is -4.30. The molecular formula is C7H4F4N2O. The van der Waals surface area contributed by atoms with Gasteiger partial charge in [0, 0.05) is 6.20 Å². The predicted molar refractivity (Wildman–Crippen MR) is 37.7 cm³/mol. The molecule has 3 nitrogen and oxygen atoms in total. The number of carbonyl (C=O) groups excluding carboxylic acids is 1.